The van der Waals surface area contributed by atoms with Crippen LogP contribution in [0.2, 0.25) is 0 Å². The van der Waals surface area contributed by atoms with Gasteiger partial charge in [-0.15, -0.1) is 11.8 Å². The van der Waals surface area contributed by atoms with Crippen LogP contribution in [0.1, 0.15) is 45.1 Å². The summed E-state index contributed by atoms with van der Waals surface area (Å²) in [6.07, 6.45) is 5.50. The van der Waals surface area contributed by atoms with Crippen LogP contribution >= 0.6 is 11.8 Å². The van der Waals surface area contributed by atoms with Crippen molar-refractivity contribution >= 4 is 11.8 Å². The van der Waals surface area contributed by atoms with E-state index in [1.165, 1.54) is 36.1 Å². The maximum atomic E-state index is 5.53. The van der Waals surface area contributed by atoms with Gasteiger partial charge < -0.3 is 10.1 Å². The molecule has 21 heavy (non-hydrogen) atoms. The molecule has 1 aromatic rings. The fourth-order valence-electron chi connectivity index (χ4n) is 2.85. The molecule has 0 aliphatic heterocycles. The molecule has 1 fully saturated rings. The molecule has 0 aromatic heterocycles. The van der Waals surface area contributed by atoms with Crippen molar-refractivity contribution in [3.05, 3.63) is 29.8 Å². The van der Waals surface area contributed by atoms with Gasteiger partial charge in [0.05, 0.1) is 6.10 Å². The van der Waals surface area contributed by atoms with Gasteiger partial charge in [-0.1, -0.05) is 26.0 Å². The van der Waals surface area contributed by atoms with Crippen LogP contribution in [-0.2, 0) is 11.3 Å². The normalized spacial score (nSPS) is 22.7. The Kier molecular flexibility index (Phi) is 7.08. The molecule has 1 saturated carbocycles. The van der Waals surface area contributed by atoms with Gasteiger partial charge in [-0.25, -0.2) is 0 Å². The van der Waals surface area contributed by atoms with Crippen LogP contribution in [0.25, 0.3) is 0 Å². The van der Waals surface area contributed by atoms with Crippen molar-refractivity contribution in [1.82, 2.24) is 5.32 Å². The molecular formula is C18H29NOS. The Morgan fingerprint density at radius 3 is 2.95 bits per heavy atom. The maximum absolute atomic E-state index is 5.53. The van der Waals surface area contributed by atoms with Crippen molar-refractivity contribution in [2.45, 2.75) is 62.3 Å². The van der Waals surface area contributed by atoms with Gasteiger partial charge >= 0.3 is 0 Å². The average Bonchev–Trinajstić information content (AvgIpc) is 2.47. The molecule has 118 valence electrons. The number of benzene rings is 1. The van der Waals surface area contributed by atoms with E-state index in [9.17, 15) is 0 Å². The standard InChI is InChI=1S/C18H29NOS/c1-14(2)12-19-13-15-6-4-8-17(10-15)21-18-9-5-7-16(11-18)20-3/h4,6,8,10,14,16,18-19H,5,7,9,11-13H2,1-3H3. The second-order valence-electron chi connectivity index (χ2n) is 6.44. The zero-order valence-electron chi connectivity index (χ0n) is 13.6. The van der Waals surface area contributed by atoms with Gasteiger partial charge in [-0.3, -0.25) is 0 Å². The second-order valence-corrected chi connectivity index (χ2v) is 7.81. The second kappa shape index (κ2) is 8.82. The number of hydrogen-bond donors (Lipinski definition) is 1. The number of rotatable bonds is 7. The lowest BCUT2D eigenvalue weighted by Gasteiger charge is -2.27. The smallest absolute Gasteiger partial charge is 0.0582 e. The monoisotopic (exact) mass is 307 g/mol. The maximum Gasteiger partial charge on any atom is 0.0582 e. The van der Waals surface area contributed by atoms with Crippen LogP contribution in [0.4, 0.5) is 0 Å². The third-order valence-electron chi connectivity index (χ3n) is 3.99. The average molecular weight is 308 g/mol. The van der Waals surface area contributed by atoms with Gasteiger partial charge in [0.1, 0.15) is 0 Å². The van der Waals surface area contributed by atoms with E-state index in [2.05, 4.69) is 43.4 Å². The molecule has 1 aliphatic rings. The summed E-state index contributed by atoms with van der Waals surface area (Å²) in [6, 6.07) is 8.99. The number of methoxy groups -OCH3 is 1. The molecular weight excluding hydrogens is 278 g/mol. The summed E-state index contributed by atoms with van der Waals surface area (Å²) in [7, 11) is 1.85. The van der Waals surface area contributed by atoms with E-state index < -0.39 is 0 Å². The number of nitrogens with one attached hydrogen (secondary N) is 1. The van der Waals surface area contributed by atoms with Crippen LogP contribution in [0.5, 0.6) is 0 Å². The van der Waals surface area contributed by atoms with E-state index in [-0.39, 0.29) is 0 Å². The first kappa shape index (κ1) is 16.9. The van der Waals surface area contributed by atoms with Crippen molar-refractivity contribution in [2.75, 3.05) is 13.7 Å². The van der Waals surface area contributed by atoms with Gasteiger partial charge in [-0.05, 0) is 55.8 Å². The zero-order chi connectivity index (χ0) is 15.1. The van der Waals surface area contributed by atoms with Crippen molar-refractivity contribution in [2.24, 2.45) is 5.92 Å². The Morgan fingerprint density at radius 1 is 1.33 bits per heavy atom. The highest BCUT2D eigenvalue weighted by atomic mass is 32.2. The fourth-order valence-corrected chi connectivity index (χ4v) is 4.21. The van der Waals surface area contributed by atoms with Gasteiger partial charge in [0.25, 0.3) is 0 Å². The molecule has 0 bridgehead atoms. The lowest BCUT2D eigenvalue weighted by atomic mass is 9.97. The largest absolute Gasteiger partial charge is 0.381 e. The Labute approximate surface area is 134 Å². The lowest BCUT2D eigenvalue weighted by Crippen LogP contribution is -2.23. The Morgan fingerprint density at radius 2 is 2.19 bits per heavy atom. The minimum Gasteiger partial charge on any atom is -0.381 e. The predicted molar refractivity (Wildman–Crippen MR) is 91.9 cm³/mol. The first-order valence-electron chi connectivity index (χ1n) is 8.16. The molecule has 0 saturated heterocycles. The first-order valence-corrected chi connectivity index (χ1v) is 9.04. The van der Waals surface area contributed by atoms with E-state index in [0.717, 1.165) is 13.1 Å². The highest BCUT2D eigenvalue weighted by molar-refractivity contribution is 8.00. The minimum atomic E-state index is 0.465. The third kappa shape index (κ3) is 6.01. The van der Waals surface area contributed by atoms with E-state index in [4.69, 9.17) is 4.74 Å². The summed E-state index contributed by atoms with van der Waals surface area (Å²) in [4.78, 5) is 1.40. The number of ether oxygens (including phenoxy) is 1. The van der Waals surface area contributed by atoms with Crippen molar-refractivity contribution < 1.29 is 4.74 Å². The van der Waals surface area contributed by atoms with E-state index in [0.29, 0.717) is 17.3 Å². The summed E-state index contributed by atoms with van der Waals surface area (Å²) in [6.45, 7) is 6.54. The zero-order valence-corrected chi connectivity index (χ0v) is 14.4. The predicted octanol–water partition coefficient (Wildman–Crippen LogP) is 4.48. The summed E-state index contributed by atoms with van der Waals surface area (Å²) in [5.74, 6) is 0.704. The van der Waals surface area contributed by atoms with Gasteiger partial charge in [0.2, 0.25) is 0 Å². The first-order chi connectivity index (χ1) is 10.2. The van der Waals surface area contributed by atoms with Crippen molar-refractivity contribution in [3.8, 4) is 0 Å². The highest BCUT2D eigenvalue weighted by Gasteiger charge is 2.22. The Balaban J connectivity index is 1.85. The van der Waals surface area contributed by atoms with Crippen LogP contribution in [0.15, 0.2) is 29.2 Å². The highest BCUT2D eigenvalue weighted by Crippen LogP contribution is 2.34. The molecule has 2 nitrogen and oxygen atoms in total. The van der Waals surface area contributed by atoms with Crippen LogP contribution in [0.3, 0.4) is 0 Å². The van der Waals surface area contributed by atoms with Gasteiger partial charge in [0, 0.05) is 23.8 Å². The van der Waals surface area contributed by atoms with Gasteiger partial charge in [0.15, 0.2) is 0 Å². The molecule has 1 aromatic carbocycles. The van der Waals surface area contributed by atoms with E-state index in [1.807, 2.05) is 18.9 Å². The third-order valence-corrected chi connectivity index (χ3v) is 5.28. The SMILES string of the molecule is COC1CCCC(Sc2cccc(CNCC(C)C)c2)C1. The molecule has 1 aliphatic carbocycles. The summed E-state index contributed by atoms with van der Waals surface area (Å²) in [5.41, 5.74) is 1.39. The van der Waals surface area contributed by atoms with Crippen LogP contribution < -0.4 is 5.32 Å². The van der Waals surface area contributed by atoms with Crippen molar-refractivity contribution in [1.29, 1.82) is 0 Å². The molecule has 2 unspecified atom stereocenters. The van der Waals surface area contributed by atoms with Crippen molar-refractivity contribution in [3.63, 3.8) is 0 Å². The Hall–Kier alpha value is -0.510. The molecule has 3 heteroatoms. The van der Waals surface area contributed by atoms with E-state index >= 15 is 0 Å². The van der Waals surface area contributed by atoms with Gasteiger partial charge in [-0.2, -0.15) is 0 Å². The lowest BCUT2D eigenvalue weighted by molar-refractivity contribution is 0.0730. The number of hydrogen-bond acceptors (Lipinski definition) is 3. The fraction of sp³-hybridized carbons (Fsp3) is 0.667. The van der Waals surface area contributed by atoms with E-state index in [1.54, 1.807) is 0 Å². The molecule has 0 spiro atoms. The molecule has 0 radical (unpaired) electrons. The van der Waals surface area contributed by atoms with Crippen LogP contribution in [0, 0.1) is 5.92 Å². The molecule has 0 heterocycles. The molecule has 2 rings (SSSR count). The topological polar surface area (TPSA) is 21.3 Å². The molecule has 1 N–H and O–H groups in total. The number of thioether (sulfide) groups is 1. The molecule has 0 amide bonds. The molecule has 2 atom stereocenters. The summed E-state index contributed by atoms with van der Waals surface area (Å²) in [5, 5.41) is 4.23. The Bertz CT molecular complexity index is 421. The summed E-state index contributed by atoms with van der Waals surface area (Å²) < 4.78 is 5.53. The van der Waals surface area contributed by atoms with Crippen LogP contribution in [-0.4, -0.2) is 25.0 Å². The quantitative estimate of drug-likeness (QED) is 0.802. The summed E-state index contributed by atoms with van der Waals surface area (Å²) >= 11 is 2.03. The minimum absolute atomic E-state index is 0.465.